The fourth-order valence-corrected chi connectivity index (χ4v) is 2.58. The van der Waals surface area contributed by atoms with Gasteiger partial charge in [0.2, 0.25) is 0 Å². The summed E-state index contributed by atoms with van der Waals surface area (Å²) in [5.41, 5.74) is 2.57. The van der Waals surface area contributed by atoms with E-state index in [0.29, 0.717) is 35.6 Å². The lowest BCUT2D eigenvalue weighted by Crippen LogP contribution is -2.08. The van der Waals surface area contributed by atoms with Crippen LogP contribution in [0.4, 0.5) is 4.39 Å². The van der Waals surface area contributed by atoms with E-state index in [2.05, 4.69) is 4.98 Å². The van der Waals surface area contributed by atoms with Crippen LogP contribution in [0.3, 0.4) is 0 Å². The Kier molecular flexibility index (Phi) is 4.71. The van der Waals surface area contributed by atoms with Gasteiger partial charge in [-0.1, -0.05) is 0 Å². The Hall–Kier alpha value is -2.54. The molecule has 1 N–H and O–H groups in total. The first-order valence-corrected chi connectivity index (χ1v) is 7.61. The molecule has 5 nitrogen and oxygen atoms in total. The first-order valence-electron chi connectivity index (χ1n) is 7.61. The predicted molar refractivity (Wildman–Crippen MR) is 89.2 cm³/mol. The highest BCUT2D eigenvalue weighted by molar-refractivity contribution is 6.47. The van der Waals surface area contributed by atoms with Crippen LogP contribution in [-0.2, 0) is 4.65 Å². The number of benzene rings is 1. The molecule has 2 heterocycles. The van der Waals surface area contributed by atoms with E-state index in [9.17, 15) is 9.41 Å². The van der Waals surface area contributed by atoms with Gasteiger partial charge in [-0.15, -0.1) is 0 Å². The molecule has 0 spiro atoms. The number of ether oxygens (including phenoxy) is 2. The van der Waals surface area contributed by atoms with Crippen molar-refractivity contribution >= 4 is 12.7 Å². The van der Waals surface area contributed by atoms with Crippen molar-refractivity contribution < 1.29 is 23.5 Å². The number of halogens is 1. The molecule has 0 saturated carbocycles. The number of allylic oxidation sites excluding steroid dienone is 1. The summed E-state index contributed by atoms with van der Waals surface area (Å²) in [6.07, 6.45) is 5.11. The van der Waals surface area contributed by atoms with Crippen LogP contribution in [0.15, 0.2) is 36.9 Å². The van der Waals surface area contributed by atoms with Crippen molar-refractivity contribution in [3.63, 3.8) is 0 Å². The summed E-state index contributed by atoms with van der Waals surface area (Å²) < 4.78 is 30.2. The predicted octanol–water partition coefficient (Wildman–Crippen LogP) is 3.15. The van der Waals surface area contributed by atoms with Gasteiger partial charge in [-0.3, -0.25) is 4.98 Å². The van der Waals surface area contributed by atoms with Crippen LogP contribution in [0, 0.1) is 5.82 Å². The zero-order chi connectivity index (χ0) is 17.1. The fraction of sp³-hybridized carbons (Fsp3) is 0.235. The summed E-state index contributed by atoms with van der Waals surface area (Å²) in [7, 11) is 0.628. The van der Waals surface area contributed by atoms with Crippen LogP contribution in [0.2, 0.25) is 6.32 Å². The highest BCUT2D eigenvalue weighted by atomic mass is 19.1. The van der Waals surface area contributed by atoms with E-state index in [1.54, 1.807) is 24.5 Å². The Labute approximate surface area is 139 Å². The van der Waals surface area contributed by atoms with E-state index >= 15 is 0 Å². The van der Waals surface area contributed by atoms with E-state index in [1.807, 2.05) is 6.92 Å². The summed E-state index contributed by atoms with van der Waals surface area (Å²) >= 11 is 0. The van der Waals surface area contributed by atoms with E-state index in [0.717, 1.165) is 11.1 Å². The first kappa shape index (κ1) is 16.3. The molecule has 7 heteroatoms. The Morgan fingerprint density at radius 1 is 1.25 bits per heavy atom. The van der Waals surface area contributed by atoms with E-state index in [-0.39, 0.29) is 0 Å². The molecule has 3 rings (SSSR count). The second-order valence-electron chi connectivity index (χ2n) is 5.32. The van der Waals surface area contributed by atoms with Crippen LogP contribution >= 0.6 is 0 Å². The lowest BCUT2D eigenvalue weighted by molar-refractivity contribution is 0.309. The van der Waals surface area contributed by atoms with Gasteiger partial charge in [-0.05, 0) is 30.2 Å². The number of rotatable bonds is 5. The molecule has 2 aromatic rings. The SMILES string of the molecule is CCOc1cc(-c2cncc(C3=COB(O)C3)c2)c(F)cc1OC. The van der Waals surface area contributed by atoms with E-state index in [1.165, 1.54) is 19.4 Å². The molecule has 0 radical (unpaired) electrons. The maximum Gasteiger partial charge on any atom is 0.526 e. The monoisotopic (exact) mass is 329 g/mol. The maximum atomic E-state index is 14.5. The molecule has 1 aliphatic heterocycles. The molecule has 0 amide bonds. The molecule has 1 aliphatic rings. The summed E-state index contributed by atoms with van der Waals surface area (Å²) in [6, 6.07) is 4.71. The topological polar surface area (TPSA) is 60.8 Å². The van der Waals surface area contributed by atoms with Crippen molar-refractivity contribution in [3.8, 4) is 22.6 Å². The molecule has 0 atom stereocenters. The molecule has 1 aromatic heterocycles. The lowest BCUT2D eigenvalue weighted by Gasteiger charge is -2.13. The van der Waals surface area contributed by atoms with Gasteiger partial charge in [0.15, 0.2) is 11.5 Å². The average molecular weight is 329 g/mol. The molecule has 0 fully saturated rings. The number of hydrogen-bond donors (Lipinski definition) is 1. The molecule has 0 aliphatic carbocycles. The van der Waals surface area contributed by atoms with Crippen molar-refractivity contribution in [3.05, 3.63) is 48.2 Å². The molecule has 0 saturated heterocycles. The van der Waals surface area contributed by atoms with E-state index in [4.69, 9.17) is 14.1 Å². The van der Waals surface area contributed by atoms with Crippen molar-refractivity contribution in [2.45, 2.75) is 13.2 Å². The van der Waals surface area contributed by atoms with Gasteiger partial charge < -0.3 is 19.2 Å². The van der Waals surface area contributed by atoms with Crippen molar-refractivity contribution in [1.82, 2.24) is 4.98 Å². The highest BCUT2D eigenvalue weighted by Crippen LogP contribution is 2.36. The van der Waals surface area contributed by atoms with Crippen molar-refractivity contribution in [2.24, 2.45) is 0 Å². The smallest absolute Gasteiger partial charge is 0.526 e. The highest BCUT2D eigenvalue weighted by Gasteiger charge is 2.24. The van der Waals surface area contributed by atoms with Gasteiger partial charge in [0.1, 0.15) is 5.82 Å². The lowest BCUT2D eigenvalue weighted by atomic mass is 9.82. The third-order valence-electron chi connectivity index (χ3n) is 3.74. The average Bonchev–Trinajstić information content (AvgIpc) is 3.03. The third kappa shape index (κ3) is 3.21. The zero-order valence-electron chi connectivity index (χ0n) is 13.5. The zero-order valence-corrected chi connectivity index (χ0v) is 13.5. The van der Waals surface area contributed by atoms with Gasteiger partial charge in [0.05, 0.1) is 20.0 Å². The second kappa shape index (κ2) is 6.92. The number of aromatic nitrogens is 1. The summed E-state index contributed by atoms with van der Waals surface area (Å²) in [5, 5.41) is 9.46. The number of hydrogen-bond acceptors (Lipinski definition) is 5. The van der Waals surface area contributed by atoms with Crippen LogP contribution in [-0.4, -0.2) is 30.8 Å². The van der Waals surface area contributed by atoms with Gasteiger partial charge >= 0.3 is 7.12 Å². The van der Waals surface area contributed by atoms with Crippen LogP contribution in [0.25, 0.3) is 16.7 Å². The number of methoxy groups -OCH3 is 1. The second-order valence-corrected chi connectivity index (χ2v) is 5.32. The minimum absolute atomic E-state index is 0.345. The molecular weight excluding hydrogens is 312 g/mol. The first-order chi connectivity index (χ1) is 11.6. The van der Waals surface area contributed by atoms with Crippen molar-refractivity contribution in [1.29, 1.82) is 0 Å². The van der Waals surface area contributed by atoms with Crippen LogP contribution in [0.1, 0.15) is 12.5 Å². The number of nitrogens with zero attached hydrogens (tertiary/aromatic N) is 1. The van der Waals surface area contributed by atoms with Gasteiger partial charge in [-0.2, -0.15) is 0 Å². The summed E-state index contributed by atoms with van der Waals surface area (Å²) in [5.74, 6) is 0.392. The Morgan fingerprint density at radius 2 is 2.04 bits per heavy atom. The number of pyridine rings is 1. The van der Waals surface area contributed by atoms with Crippen LogP contribution in [0.5, 0.6) is 11.5 Å². The Bertz CT molecular complexity index is 781. The normalized spacial score (nSPS) is 13.5. The van der Waals surface area contributed by atoms with Crippen molar-refractivity contribution in [2.75, 3.05) is 13.7 Å². The molecule has 1 aromatic carbocycles. The molecular formula is C17H17BFNO4. The summed E-state index contributed by atoms with van der Waals surface area (Å²) in [6.45, 7) is 2.30. The molecule has 0 unspecified atom stereocenters. The summed E-state index contributed by atoms with van der Waals surface area (Å²) in [4.78, 5) is 4.17. The standard InChI is InChI=1S/C17H17BFNO4/c1-3-23-17-5-14(15(19)6-16(17)22-2)12-4-11(8-20-9-12)13-7-18(21)24-10-13/h4-6,8-10,21H,3,7H2,1-2H3. The van der Waals surface area contributed by atoms with Crippen LogP contribution < -0.4 is 9.47 Å². The third-order valence-corrected chi connectivity index (χ3v) is 3.74. The minimum Gasteiger partial charge on any atom is -0.542 e. The van der Waals surface area contributed by atoms with Gasteiger partial charge in [0, 0.05) is 35.9 Å². The largest absolute Gasteiger partial charge is 0.542 e. The minimum atomic E-state index is -0.842. The molecule has 24 heavy (non-hydrogen) atoms. The molecule has 0 bridgehead atoms. The quantitative estimate of drug-likeness (QED) is 0.854. The van der Waals surface area contributed by atoms with Gasteiger partial charge in [0.25, 0.3) is 0 Å². The molecule has 124 valence electrons. The van der Waals surface area contributed by atoms with Gasteiger partial charge in [-0.25, -0.2) is 4.39 Å². The Balaban J connectivity index is 2.01. The Morgan fingerprint density at radius 3 is 2.71 bits per heavy atom. The fourth-order valence-electron chi connectivity index (χ4n) is 2.58. The van der Waals surface area contributed by atoms with E-state index < -0.39 is 12.9 Å². The maximum absolute atomic E-state index is 14.5.